The quantitative estimate of drug-likeness (QED) is 0.585. The third-order valence-electron chi connectivity index (χ3n) is 4.67. The molecule has 1 aliphatic rings. The first-order valence-electron chi connectivity index (χ1n) is 9.55. The molecule has 5 heteroatoms. The molecule has 140 valence electrons. The maximum absolute atomic E-state index is 4.72. The van der Waals surface area contributed by atoms with Gasteiger partial charge < -0.3 is 20.4 Å². The average molecular weight is 346 g/mol. The molecule has 1 fully saturated rings. The molecule has 2 rings (SSSR count). The van der Waals surface area contributed by atoms with Crippen molar-refractivity contribution in [2.75, 3.05) is 52.9 Å². The minimum absolute atomic E-state index is 0.603. The molecule has 1 aromatic rings. The number of rotatable bonds is 7. The topological polar surface area (TPSA) is 42.9 Å². The zero-order valence-corrected chi connectivity index (χ0v) is 16.4. The summed E-state index contributed by atoms with van der Waals surface area (Å²) < 4.78 is 0. The van der Waals surface area contributed by atoms with Crippen molar-refractivity contribution in [3.8, 4) is 0 Å². The molecular weight excluding hydrogens is 310 g/mol. The van der Waals surface area contributed by atoms with Crippen molar-refractivity contribution in [1.82, 2.24) is 20.4 Å². The summed E-state index contributed by atoms with van der Waals surface area (Å²) in [5.41, 5.74) is 2.53. The highest BCUT2D eigenvalue weighted by molar-refractivity contribution is 5.79. The molecule has 1 aliphatic heterocycles. The van der Waals surface area contributed by atoms with Crippen LogP contribution in [0.5, 0.6) is 0 Å². The number of aryl methyl sites for hydroxylation is 1. The van der Waals surface area contributed by atoms with Crippen molar-refractivity contribution in [3.05, 3.63) is 35.4 Å². The highest BCUT2D eigenvalue weighted by Crippen LogP contribution is 2.05. The van der Waals surface area contributed by atoms with E-state index in [9.17, 15) is 0 Å². The molecule has 1 unspecified atom stereocenters. The van der Waals surface area contributed by atoms with E-state index in [1.54, 1.807) is 0 Å². The van der Waals surface area contributed by atoms with Crippen LogP contribution in [0.3, 0.4) is 0 Å². The van der Waals surface area contributed by atoms with Crippen LogP contribution in [0.25, 0.3) is 0 Å². The van der Waals surface area contributed by atoms with Gasteiger partial charge in [-0.2, -0.15) is 0 Å². The van der Waals surface area contributed by atoms with Crippen LogP contribution >= 0.6 is 0 Å². The van der Waals surface area contributed by atoms with E-state index in [1.165, 1.54) is 37.3 Å². The number of hydrogen-bond donors (Lipinski definition) is 2. The van der Waals surface area contributed by atoms with Gasteiger partial charge in [-0.1, -0.05) is 36.8 Å². The summed E-state index contributed by atoms with van der Waals surface area (Å²) in [5.74, 6) is 1.51. The lowest BCUT2D eigenvalue weighted by Gasteiger charge is -2.34. The van der Waals surface area contributed by atoms with Gasteiger partial charge in [0.2, 0.25) is 0 Å². The van der Waals surface area contributed by atoms with E-state index in [0.29, 0.717) is 12.5 Å². The maximum Gasteiger partial charge on any atom is 0.191 e. The molecule has 2 N–H and O–H groups in total. The third kappa shape index (κ3) is 7.45. The fourth-order valence-electron chi connectivity index (χ4n) is 3.01. The van der Waals surface area contributed by atoms with Gasteiger partial charge in [0.1, 0.15) is 0 Å². The Hall–Kier alpha value is -1.59. The van der Waals surface area contributed by atoms with E-state index in [0.717, 1.165) is 25.6 Å². The number of benzene rings is 1. The second kappa shape index (κ2) is 10.4. The van der Waals surface area contributed by atoms with Gasteiger partial charge >= 0.3 is 0 Å². The highest BCUT2D eigenvalue weighted by Gasteiger charge is 2.16. The molecule has 0 spiro atoms. The van der Waals surface area contributed by atoms with Crippen LogP contribution in [0.15, 0.2) is 29.3 Å². The SMILES string of the molecule is CCNC(=NCc1ccc(C)cc1)NCC(C)CN1CCN(C)CC1. The Bertz CT molecular complexity index is 517. The molecule has 0 saturated carbocycles. The van der Waals surface area contributed by atoms with Gasteiger partial charge in [-0.15, -0.1) is 0 Å². The lowest BCUT2D eigenvalue weighted by atomic mass is 10.1. The summed E-state index contributed by atoms with van der Waals surface area (Å²) in [6.45, 7) is 15.0. The predicted molar refractivity (Wildman–Crippen MR) is 107 cm³/mol. The summed E-state index contributed by atoms with van der Waals surface area (Å²) in [6.07, 6.45) is 0. The Kier molecular flexibility index (Phi) is 8.22. The third-order valence-corrected chi connectivity index (χ3v) is 4.67. The van der Waals surface area contributed by atoms with Crippen molar-refractivity contribution in [2.45, 2.75) is 27.3 Å². The van der Waals surface area contributed by atoms with Crippen LogP contribution in [0, 0.1) is 12.8 Å². The lowest BCUT2D eigenvalue weighted by molar-refractivity contribution is 0.139. The van der Waals surface area contributed by atoms with E-state index in [-0.39, 0.29) is 0 Å². The van der Waals surface area contributed by atoms with Crippen molar-refractivity contribution < 1.29 is 0 Å². The summed E-state index contributed by atoms with van der Waals surface area (Å²) in [6, 6.07) is 8.59. The van der Waals surface area contributed by atoms with E-state index in [1.807, 2.05) is 0 Å². The van der Waals surface area contributed by atoms with Crippen molar-refractivity contribution in [3.63, 3.8) is 0 Å². The first-order valence-corrected chi connectivity index (χ1v) is 9.55. The van der Waals surface area contributed by atoms with Gasteiger partial charge in [-0.05, 0) is 32.4 Å². The lowest BCUT2D eigenvalue weighted by Crippen LogP contribution is -2.47. The number of likely N-dealkylation sites (N-methyl/N-ethyl adjacent to an activating group) is 1. The standard InChI is InChI=1S/C20H35N5/c1-5-21-20(23-15-19-8-6-17(2)7-9-19)22-14-18(3)16-25-12-10-24(4)11-13-25/h6-9,18H,5,10-16H2,1-4H3,(H2,21,22,23). The van der Waals surface area contributed by atoms with Gasteiger partial charge in [0, 0.05) is 45.8 Å². The molecule has 0 aromatic heterocycles. The second-order valence-corrected chi connectivity index (χ2v) is 7.27. The minimum Gasteiger partial charge on any atom is -0.357 e. The van der Waals surface area contributed by atoms with Crippen LogP contribution in [0.2, 0.25) is 0 Å². The highest BCUT2D eigenvalue weighted by atomic mass is 15.2. The van der Waals surface area contributed by atoms with Crippen LogP contribution in [-0.2, 0) is 6.54 Å². The molecule has 0 bridgehead atoms. The molecule has 0 amide bonds. The average Bonchev–Trinajstić information content (AvgIpc) is 2.61. The monoisotopic (exact) mass is 345 g/mol. The van der Waals surface area contributed by atoms with Gasteiger partial charge in [0.05, 0.1) is 6.54 Å². The first-order chi connectivity index (χ1) is 12.1. The number of aliphatic imine (C=N–C) groups is 1. The van der Waals surface area contributed by atoms with Crippen LogP contribution in [0.1, 0.15) is 25.0 Å². The molecule has 5 nitrogen and oxygen atoms in total. The summed E-state index contributed by atoms with van der Waals surface area (Å²) >= 11 is 0. The maximum atomic E-state index is 4.72. The Morgan fingerprint density at radius 2 is 1.80 bits per heavy atom. The summed E-state index contributed by atoms with van der Waals surface area (Å²) in [4.78, 5) is 9.69. The smallest absolute Gasteiger partial charge is 0.191 e. The first kappa shape index (κ1) is 19.7. The number of hydrogen-bond acceptors (Lipinski definition) is 3. The van der Waals surface area contributed by atoms with Crippen molar-refractivity contribution in [1.29, 1.82) is 0 Å². The molecule has 1 saturated heterocycles. The second-order valence-electron chi connectivity index (χ2n) is 7.27. The molecule has 0 aliphatic carbocycles. The van der Waals surface area contributed by atoms with Crippen LogP contribution in [-0.4, -0.2) is 68.6 Å². The zero-order chi connectivity index (χ0) is 18.1. The number of nitrogens with zero attached hydrogens (tertiary/aromatic N) is 3. The molecule has 25 heavy (non-hydrogen) atoms. The molecule has 0 radical (unpaired) electrons. The predicted octanol–water partition coefficient (Wildman–Crippen LogP) is 1.93. The van der Waals surface area contributed by atoms with Gasteiger partial charge in [0.25, 0.3) is 0 Å². The zero-order valence-electron chi connectivity index (χ0n) is 16.4. The normalized spacial score (nSPS) is 18.2. The summed E-state index contributed by atoms with van der Waals surface area (Å²) in [7, 11) is 2.20. The van der Waals surface area contributed by atoms with Gasteiger partial charge in [-0.25, -0.2) is 4.99 Å². The number of piperazine rings is 1. The van der Waals surface area contributed by atoms with E-state index < -0.39 is 0 Å². The van der Waals surface area contributed by atoms with E-state index >= 15 is 0 Å². The Balaban J connectivity index is 1.77. The Morgan fingerprint density at radius 3 is 2.44 bits per heavy atom. The molecular formula is C20H35N5. The molecule has 1 heterocycles. The summed E-state index contributed by atoms with van der Waals surface area (Å²) in [5, 5.41) is 6.85. The van der Waals surface area contributed by atoms with Crippen molar-refractivity contribution in [2.24, 2.45) is 10.9 Å². The minimum atomic E-state index is 0.603. The Labute approximate surface area is 153 Å². The van der Waals surface area contributed by atoms with E-state index in [4.69, 9.17) is 4.99 Å². The number of nitrogens with one attached hydrogen (secondary N) is 2. The van der Waals surface area contributed by atoms with Crippen molar-refractivity contribution >= 4 is 5.96 Å². The fourth-order valence-corrected chi connectivity index (χ4v) is 3.01. The van der Waals surface area contributed by atoms with Crippen LogP contribution < -0.4 is 10.6 Å². The largest absolute Gasteiger partial charge is 0.357 e. The Morgan fingerprint density at radius 1 is 1.12 bits per heavy atom. The van der Waals surface area contributed by atoms with Crippen LogP contribution in [0.4, 0.5) is 0 Å². The number of guanidine groups is 1. The molecule has 1 atom stereocenters. The molecule has 1 aromatic carbocycles. The fraction of sp³-hybridized carbons (Fsp3) is 0.650. The van der Waals surface area contributed by atoms with E-state index in [2.05, 4.69) is 72.5 Å². The van der Waals surface area contributed by atoms with Gasteiger partial charge in [-0.3, -0.25) is 0 Å². The van der Waals surface area contributed by atoms with Gasteiger partial charge in [0.15, 0.2) is 5.96 Å².